The molecule has 0 aliphatic carbocycles. The van der Waals surface area contributed by atoms with E-state index in [9.17, 15) is 0 Å². The summed E-state index contributed by atoms with van der Waals surface area (Å²) in [4.78, 5) is 8.83. The Morgan fingerprint density at radius 2 is 2.35 bits per heavy atom. The monoisotopic (exact) mass is 228 g/mol. The first-order chi connectivity index (χ1) is 8.24. The maximum Gasteiger partial charge on any atom is 0.112 e. The molecule has 0 spiro atoms. The molecule has 2 atom stereocenters. The van der Waals surface area contributed by atoms with E-state index in [0.29, 0.717) is 5.92 Å². The average Bonchev–Trinajstić information content (AvgIpc) is 2.74. The Morgan fingerprint density at radius 3 is 3.12 bits per heavy atom. The van der Waals surface area contributed by atoms with Gasteiger partial charge < -0.3 is 10.3 Å². The van der Waals surface area contributed by atoms with Gasteiger partial charge in [0.1, 0.15) is 5.82 Å². The van der Waals surface area contributed by atoms with Crippen molar-refractivity contribution < 1.29 is 0 Å². The summed E-state index contributed by atoms with van der Waals surface area (Å²) in [7, 11) is 0. The third-order valence-electron chi connectivity index (χ3n) is 3.29. The molecule has 2 aromatic heterocycles. The Morgan fingerprint density at radius 1 is 1.47 bits per heavy atom. The molecule has 0 radical (unpaired) electrons. The number of rotatable bonds is 1. The van der Waals surface area contributed by atoms with Gasteiger partial charge in [-0.3, -0.25) is 4.98 Å². The second-order valence-electron chi connectivity index (χ2n) is 4.78. The highest BCUT2D eigenvalue weighted by Crippen LogP contribution is 2.28. The van der Waals surface area contributed by atoms with Crippen molar-refractivity contribution in [2.75, 3.05) is 0 Å². The highest BCUT2D eigenvalue weighted by atomic mass is 15.1. The van der Waals surface area contributed by atoms with Gasteiger partial charge in [0.15, 0.2) is 0 Å². The molecule has 4 nitrogen and oxygen atoms in total. The molecule has 4 heteroatoms. The van der Waals surface area contributed by atoms with Crippen LogP contribution in [-0.2, 0) is 6.54 Å². The molecular formula is C13H16N4. The van der Waals surface area contributed by atoms with Crippen LogP contribution in [0, 0.1) is 0 Å². The summed E-state index contributed by atoms with van der Waals surface area (Å²) in [6.45, 7) is 3.05. The molecule has 1 aliphatic heterocycles. The standard InChI is InChI=1S/C13H16N4/c1-9-5-11(14)7-17-8-12(16-13(9)17)10-3-2-4-15-6-10/h2-4,6,8-9,11H,5,7,14H2,1H3. The lowest BCUT2D eigenvalue weighted by Crippen LogP contribution is -2.33. The van der Waals surface area contributed by atoms with Crippen molar-refractivity contribution in [2.45, 2.75) is 31.8 Å². The number of hydrogen-bond acceptors (Lipinski definition) is 3. The molecule has 3 rings (SSSR count). The van der Waals surface area contributed by atoms with E-state index < -0.39 is 0 Å². The molecule has 1 aliphatic rings. The van der Waals surface area contributed by atoms with Crippen molar-refractivity contribution >= 4 is 0 Å². The molecule has 0 bridgehead atoms. The van der Waals surface area contributed by atoms with Crippen molar-refractivity contribution in [1.82, 2.24) is 14.5 Å². The van der Waals surface area contributed by atoms with Crippen LogP contribution in [0.3, 0.4) is 0 Å². The van der Waals surface area contributed by atoms with Gasteiger partial charge in [-0.2, -0.15) is 0 Å². The van der Waals surface area contributed by atoms with Crippen molar-refractivity contribution in [3.63, 3.8) is 0 Å². The van der Waals surface area contributed by atoms with E-state index in [-0.39, 0.29) is 6.04 Å². The Bertz CT molecular complexity index is 517. The summed E-state index contributed by atoms with van der Waals surface area (Å²) in [5.41, 5.74) is 8.09. The number of nitrogens with two attached hydrogens (primary N) is 1. The SMILES string of the molecule is CC1CC(N)Cn2cc(-c3cccnc3)nc21. The van der Waals surface area contributed by atoms with E-state index in [1.54, 1.807) is 6.20 Å². The van der Waals surface area contributed by atoms with Gasteiger partial charge in [0.2, 0.25) is 0 Å². The Hall–Kier alpha value is -1.68. The lowest BCUT2D eigenvalue weighted by atomic mass is 9.98. The Labute approximate surface area is 101 Å². The fraction of sp³-hybridized carbons (Fsp3) is 0.385. The van der Waals surface area contributed by atoms with E-state index in [1.165, 1.54) is 0 Å². The Kier molecular flexibility index (Phi) is 2.44. The number of pyridine rings is 1. The predicted molar refractivity (Wildman–Crippen MR) is 66.5 cm³/mol. The largest absolute Gasteiger partial charge is 0.332 e. The van der Waals surface area contributed by atoms with Gasteiger partial charge in [-0.15, -0.1) is 0 Å². The number of aromatic nitrogens is 3. The van der Waals surface area contributed by atoms with E-state index in [4.69, 9.17) is 10.7 Å². The van der Waals surface area contributed by atoms with E-state index in [0.717, 1.165) is 30.0 Å². The molecule has 0 saturated heterocycles. The quantitative estimate of drug-likeness (QED) is 0.809. The summed E-state index contributed by atoms with van der Waals surface area (Å²) in [6, 6.07) is 4.21. The van der Waals surface area contributed by atoms with Crippen molar-refractivity contribution in [3.8, 4) is 11.3 Å². The molecule has 0 amide bonds. The minimum Gasteiger partial charge on any atom is -0.332 e. The van der Waals surface area contributed by atoms with Gasteiger partial charge in [0, 0.05) is 42.7 Å². The first kappa shape index (κ1) is 10.5. The average molecular weight is 228 g/mol. The second kappa shape index (κ2) is 3.96. The van der Waals surface area contributed by atoms with Crippen molar-refractivity contribution in [3.05, 3.63) is 36.5 Å². The summed E-state index contributed by atoms with van der Waals surface area (Å²) in [6.07, 6.45) is 6.72. The van der Waals surface area contributed by atoms with Crippen LogP contribution >= 0.6 is 0 Å². The smallest absolute Gasteiger partial charge is 0.112 e. The normalized spacial score (nSPS) is 23.4. The maximum absolute atomic E-state index is 6.03. The van der Waals surface area contributed by atoms with Crippen LogP contribution in [0.5, 0.6) is 0 Å². The lowest BCUT2D eigenvalue weighted by molar-refractivity contribution is 0.407. The minimum absolute atomic E-state index is 0.244. The second-order valence-corrected chi connectivity index (χ2v) is 4.78. The van der Waals surface area contributed by atoms with E-state index in [1.807, 2.05) is 18.3 Å². The summed E-state index contributed by atoms with van der Waals surface area (Å²) in [5.74, 6) is 1.58. The molecule has 17 heavy (non-hydrogen) atoms. The first-order valence-corrected chi connectivity index (χ1v) is 5.97. The zero-order valence-electron chi connectivity index (χ0n) is 9.87. The van der Waals surface area contributed by atoms with Crippen LogP contribution in [0.15, 0.2) is 30.7 Å². The van der Waals surface area contributed by atoms with Crippen LogP contribution in [-0.4, -0.2) is 20.6 Å². The molecule has 0 aromatic carbocycles. The van der Waals surface area contributed by atoms with Crippen LogP contribution in [0.2, 0.25) is 0 Å². The van der Waals surface area contributed by atoms with E-state index in [2.05, 4.69) is 22.7 Å². The van der Waals surface area contributed by atoms with Crippen LogP contribution < -0.4 is 5.73 Å². The van der Waals surface area contributed by atoms with Gasteiger partial charge >= 0.3 is 0 Å². The summed E-state index contributed by atoms with van der Waals surface area (Å²) in [5, 5.41) is 0. The first-order valence-electron chi connectivity index (χ1n) is 5.97. The molecule has 0 fully saturated rings. The molecule has 88 valence electrons. The topological polar surface area (TPSA) is 56.7 Å². The summed E-state index contributed by atoms with van der Waals surface area (Å²) < 4.78 is 2.18. The minimum atomic E-state index is 0.244. The van der Waals surface area contributed by atoms with Gasteiger partial charge in [-0.1, -0.05) is 6.92 Å². The zero-order valence-corrected chi connectivity index (χ0v) is 9.87. The molecule has 0 saturated carbocycles. The third kappa shape index (κ3) is 1.85. The van der Waals surface area contributed by atoms with Crippen molar-refractivity contribution in [2.24, 2.45) is 5.73 Å². The third-order valence-corrected chi connectivity index (χ3v) is 3.29. The molecule has 2 aromatic rings. The van der Waals surface area contributed by atoms with Crippen LogP contribution in [0.4, 0.5) is 0 Å². The van der Waals surface area contributed by atoms with Gasteiger partial charge in [-0.05, 0) is 18.6 Å². The van der Waals surface area contributed by atoms with Gasteiger partial charge in [-0.25, -0.2) is 4.98 Å². The molecule has 2 N–H and O–H groups in total. The number of fused-ring (bicyclic) bond motifs is 1. The van der Waals surface area contributed by atoms with Crippen molar-refractivity contribution in [1.29, 1.82) is 0 Å². The highest BCUT2D eigenvalue weighted by Gasteiger charge is 2.24. The number of imidazole rings is 1. The molecule has 3 heterocycles. The molecular weight excluding hydrogens is 212 g/mol. The van der Waals surface area contributed by atoms with Gasteiger partial charge in [0.05, 0.1) is 5.69 Å². The van der Waals surface area contributed by atoms with Crippen LogP contribution in [0.1, 0.15) is 25.1 Å². The fourth-order valence-electron chi connectivity index (χ4n) is 2.51. The number of nitrogens with zero attached hydrogens (tertiary/aromatic N) is 3. The predicted octanol–water partition coefficient (Wildman–Crippen LogP) is 1.78. The maximum atomic E-state index is 6.03. The summed E-state index contributed by atoms with van der Waals surface area (Å²) >= 11 is 0. The lowest BCUT2D eigenvalue weighted by Gasteiger charge is -2.25. The molecule has 2 unspecified atom stereocenters. The van der Waals surface area contributed by atoms with Gasteiger partial charge in [0.25, 0.3) is 0 Å². The van der Waals surface area contributed by atoms with E-state index >= 15 is 0 Å². The van der Waals surface area contributed by atoms with Crippen LogP contribution in [0.25, 0.3) is 11.3 Å². The fourth-order valence-corrected chi connectivity index (χ4v) is 2.51. The Balaban J connectivity index is 2.03. The highest BCUT2D eigenvalue weighted by molar-refractivity contribution is 5.57. The number of hydrogen-bond donors (Lipinski definition) is 1. The zero-order chi connectivity index (χ0) is 11.8.